The predicted molar refractivity (Wildman–Crippen MR) is 77.1 cm³/mol. The number of rotatable bonds is 2. The van der Waals surface area contributed by atoms with Crippen molar-refractivity contribution in [2.75, 3.05) is 6.54 Å². The van der Waals surface area contributed by atoms with Gasteiger partial charge in [0.2, 0.25) is 0 Å². The summed E-state index contributed by atoms with van der Waals surface area (Å²) in [4.78, 5) is 0. The van der Waals surface area contributed by atoms with E-state index in [0.29, 0.717) is 17.3 Å². The van der Waals surface area contributed by atoms with Crippen LogP contribution in [0.1, 0.15) is 25.3 Å². The molecular formula is C16H19F3N2. The number of alkyl halides is 3. The normalized spacial score (nSPS) is 23.6. The minimum atomic E-state index is -4.28. The summed E-state index contributed by atoms with van der Waals surface area (Å²) in [5.41, 5.74) is 0.277. The molecule has 0 radical (unpaired) electrons. The van der Waals surface area contributed by atoms with E-state index in [0.717, 1.165) is 24.7 Å². The largest absolute Gasteiger partial charge is 0.416 e. The summed E-state index contributed by atoms with van der Waals surface area (Å²) in [6.07, 6.45) is -0.00230. The van der Waals surface area contributed by atoms with Crippen molar-refractivity contribution in [1.29, 1.82) is 0 Å². The molecule has 0 spiro atoms. The van der Waals surface area contributed by atoms with Crippen LogP contribution >= 0.6 is 0 Å². The average Bonchev–Trinajstić information content (AvgIpc) is 2.83. The molecule has 1 aliphatic rings. The molecule has 1 aliphatic heterocycles. The molecule has 2 heterocycles. The molecule has 0 amide bonds. The maximum atomic E-state index is 12.7. The smallest absolute Gasteiger partial charge is 0.346 e. The van der Waals surface area contributed by atoms with Crippen molar-refractivity contribution in [2.45, 2.75) is 38.5 Å². The molecule has 1 aromatic heterocycles. The lowest BCUT2D eigenvalue weighted by Crippen LogP contribution is -2.42. The van der Waals surface area contributed by atoms with E-state index in [1.807, 2.05) is 6.20 Å². The van der Waals surface area contributed by atoms with Crippen molar-refractivity contribution in [1.82, 2.24) is 9.88 Å². The van der Waals surface area contributed by atoms with E-state index in [4.69, 9.17) is 0 Å². The second kappa shape index (κ2) is 5.37. The number of piperidine rings is 1. The van der Waals surface area contributed by atoms with Crippen LogP contribution in [0.25, 0.3) is 10.9 Å². The van der Waals surface area contributed by atoms with Gasteiger partial charge < -0.3 is 9.88 Å². The molecule has 2 unspecified atom stereocenters. The van der Waals surface area contributed by atoms with Gasteiger partial charge in [-0.2, -0.15) is 13.2 Å². The highest BCUT2D eigenvalue weighted by molar-refractivity contribution is 5.81. The van der Waals surface area contributed by atoms with Gasteiger partial charge in [0.25, 0.3) is 0 Å². The van der Waals surface area contributed by atoms with E-state index in [1.54, 1.807) is 12.1 Å². The fraction of sp³-hybridized carbons (Fsp3) is 0.500. The quantitative estimate of drug-likeness (QED) is 0.884. The number of aromatic nitrogens is 1. The number of hydrogen-bond acceptors (Lipinski definition) is 1. The van der Waals surface area contributed by atoms with Crippen molar-refractivity contribution >= 4 is 10.9 Å². The Bertz CT molecular complexity index is 630. The lowest BCUT2D eigenvalue weighted by molar-refractivity contribution is -0.137. The summed E-state index contributed by atoms with van der Waals surface area (Å²) in [6, 6.07) is 6.11. The number of hydrogen-bond donors (Lipinski definition) is 1. The number of halogens is 3. The highest BCUT2D eigenvalue weighted by atomic mass is 19.4. The van der Waals surface area contributed by atoms with Crippen LogP contribution in [0.4, 0.5) is 13.2 Å². The summed E-state index contributed by atoms with van der Waals surface area (Å²) in [5.74, 6) is 0.589. The topological polar surface area (TPSA) is 17.0 Å². The van der Waals surface area contributed by atoms with Crippen molar-refractivity contribution in [3.8, 4) is 0 Å². The second-order valence-corrected chi connectivity index (χ2v) is 5.92. The van der Waals surface area contributed by atoms with Gasteiger partial charge in [0.1, 0.15) is 0 Å². The van der Waals surface area contributed by atoms with Crippen LogP contribution in [-0.2, 0) is 12.7 Å². The van der Waals surface area contributed by atoms with E-state index in [2.05, 4.69) is 16.8 Å². The third-order valence-corrected chi connectivity index (χ3v) is 4.42. The molecule has 1 aromatic carbocycles. The Morgan fingerprint density at radius 3 is 2.81 bits per heavy atom. The SMILES string of the molecule is CC1CCCNC1Cn1ccc2cc(C(F)(F)F)ccc21. The van der Waals surface area contributed by atoms with Crippen LogP contribution in [0.5, 0.6) is 0 Å². The highest BCUT2D eigenvalue weighted by Gasteiger charge is 2.30. The van der Waals surface area contributed by atoms with Crippen LogP contribution in [0, 0.1) is 5.92 Å². The van der Waals surface area contributed by atoms with E-state index < -0.39 is 11.7 Å². The van der Waals surface area contributed by atoms with Crippen molar-refractivity contribution in [2.24, 2.45) is 5.92 Å². The first-order valence-corrected chi connectivity index (χ1v) is 7.34. The standard InChI is InChI=1S/C16H19F3N2/c1-11-3-2-7-20-14(11)10-21-8-6-12-9-13(16(17,18)19)4-5-15(12)21/h4-6,8-9,11,14,20H,2-3,7,10H2,1H3. The molecule has 1 saturated heterocycles. The predicted octanol–water partition coefficient (Wildman–Crippen LogP) is 4.05. The fourth-order valence-electron chi connectivity index (χ4n) is 3.11. The van der Waals surface area contributed by atoms with Crippen molar-refractivity contribution < 1.29 is 13.2 Å². The molecule has 5 heteroatoms. The third kappa shape index (κ3) is 2.93. The van der Waals surface area contributed by atoms with Gasteiger partial charge in [0.15, 0.2) is 0 Å². The van der Waals surface area contributed by atoms with Crippen LogP contribution in [0.15, 0.2) is 30.5 Å². The lowest BCUT2D eigenvalue weighted by atomic mass is 9.93. The van der Waals surface area contributed by atoms with Gasteiger partial charge in [0.05, 0.1) is 5.56 Å². The van der Waals surface area contributed by atoms with Crippen LogP contribution in [-0.4, -0.2) is 17.2 Å². The molecule has 2 aromatic rings. The Morgan fingerprint density at radius 1 is 1.29 bits per heavy atom. The van der Waals surface area contributed by atoms with E-state index >= 15 is 0 Å². The Morgan fingerprint density at radius 2 is 2.10 bits per heavy atom. The number of nitrogens with zero attached hydrogens (tertiary/aromatic N) is 1. The Balaban J connectivity index is 1.87. The number of benzene rings is 1. The van der Waals surface area contributed by atoms with Crippen LogP contribution in [0.2, 0.25) is 0 Å². The summed E-state index contributed by atoms with van der Waals surface area (Å²) >= 11 is 0. The molecule has 0 saturated carbocycles. The zero-order valence-corrected chi connectivity index (χ0v) is 12.0. The molecule has 0 bridgehead atoms. The van der Waals surface area contributed by atoms with E-state index in [1.165, 1.54) is 18.9 Å². The zero-order valence-electron chi connectivity index (χ0n) is 12.0. The summed E-state index contributed by atoms with van der Waals surface area (Å²) in [5, 5.41) is 4.15. The average molecular weight is 296 g/mol. The summed E-state index contributed by atoms with van der Waals surface area (Å²) in [6.45, 7) is 4.05. The number of nitrogens with one attached hydrogen (secondary N) is 1. The van der Waals surface area contributed by atoms with Gasteiger partial charge in [-0.3, -0.25) is 0 Å². The van der Waals surface area contributed by atoms with Crippen LogP contribution in [0.3, 0.4) is 0 Å². The van der Waals surface area contributed by atoms with Gasteiger partial charge in [-0.1, -0.05) is 6.92 Å². The summed E-state index contributed by atoms with van der Waals surface area (Å²) < 4.78 is 40.2. The van der Waals surface area contributed by atoms with Crippen LogP contribution < -0.4 is 5.32 Å². The minimum Gasteiger partial charge on any atom is -0.346 e. The van der Waals surface area contributed by atoms with Crippen molar-refractivity contribution in [3.05, 3.63) is 36.0 Å². The maximum absolute atomic E-state index is 12.7. The first kappa shape index (κ1) is 14.4. The molecule has 21 heavy (non-hydrogen) atoms. The Labute approximate surface area is 121 Å². The number of fused-ring (bicyclic) bond motifs is 1. The molecular weight excluding hydrogens is 277 g/mol. The third-order valence-electron chi connectivity index (χ3n) is 4.42. The molecule has 1 fully saturated rings. The molecule has 1 N–H and O–H groups in total. The van der Waals surface area contributed by atoms with E-state index in [-0.39, 0.29) is 0 Å². The molecule has 2 atom stereocenters. The zero-order chi connectivity index (χ0) is 15.0. The highest BCUT2D eigenvalue weighted by Crippen LogP contribution is 2.32. The summed E-state index contributed by atoms with van der Waals surface area (Å²) in [7, 11) is 0. The van der Waals surface area contributed by atoms with E-state index in [9.17, 15) is 13.2 Å². The maximum Gasteiger partial charge on any atom is 0.416 e. The Kier molecular flexibility index (Phi) is 3.69. The van der Waals surface area contributed by atoms with Crippen molar-refractivity contribution in [3.63, 3.8) is 0 Å². The Hall–Kier alpha value is -1.49. The fourth-order valence-corrected chi connectivity index (χ4v) is 3.11. The second-order valence-electron chi connectivity index (χ2n) is 5.92. The van der Waals surface area contributed by atoms with Gasteiger partial charge in [-0.25, -0.2) is 0 Å². The molecule has 0 aliphatic carbocycles. The molecule has 2 nitrogen and oxygen atoms in total. The lowest BCUT2D eigenvalue weighted by Gasteiger charge is -2.30. The van der Waals surface area contributed by atoms with Gasteiger partial charge in [-0.15, -0.1) is 0 Å². The monoisotopic (exact) mass is 296 g/mol. The van der Waals surface area contributed by atoms with Gasteiger partial charge in [-0.05, 0) is 49.6 Å². The first-order valence-electron chi connectivity index (χ1n) is 7.34. The minimum absolute atomic E-state index is 0.386. The van der Waals surface area contributed by atoms with Gasteiger partial charge >= 0.3 is 6.18 Å². The molecule has 114 valence electrons. The molecule has 3 rings (SSSR count). The first-order chi connectivity index (χ1) is 9.95. The van der Waals surface area contributed by atoms with Gasteiger partial charge in [0, 0.05) is 29.7 Å².